The van der Waals surface area contributed by atoms with Crippen molar-refractivity contribution in [3.8, 4) is 0 Å². The number of piperidine rings is 1. The summed E-state index contributed by atoms with van der Waals surface area (Å²) in [7, 11) is -4.51. The molecule has 2 fully saturated rings. The van der Waals surface area contributed by atoms with Gasteiger partial charge in [0, 0.05) is 0 Å². The van der Waals surface area contributed by atoms with E-state index in [0.29, 0.717) is 26.1 Å². The molecule has 0 radical (unpaired) electrons. The number of carbonyl (C=O) groups is 1. The molecular weight excluding hydrogens is 337 g/mol. The minimum absolute atomic E-state index is 0.179. The molecular formula is C16H20FNO5S. The van der Waals surface area contributed by atoms with Crippen LogP contribution < -0.4 is 0 Å². The maximum Gasteiger partial charge on any atom is 0.410 e. The van der Waals surface area contributed by atoms with Gasteiger partial charge < -0.3 is 9.47 Å². The van der Waals surface area contributed by atoms with Gasteiger partial charge in [0.15, 0.2) is 0 Å². The van der Waals surface area contributed by atoms with E-state index in [-0.39, 0.29) is 24.6 Å². The number of ether oxygens (including phenoxy) is 2. The van der Waals surface area contributed by atoms with Crippen LogP contribution in [0.15, 0.2) is 30.3 Å². The van der Waals surface area contributed by atoms with E-state index in [1.54, 1.807) is 4.90 Å². The Morgan fingerprint density at radius 1 is 1.21 bits per heavy atom. The number of hydrogen-bond donors (Lipinski definition) is 0. The number of benzene rings is 1. The molecule has 1 amide bonds. The van der Waals surface area contributed by atoms with E-state index in [1.807, 2.05) is 30.3 Å². The monoisotopic (exact) mass is 357 g/mol. The van der Waals surface area contributed by atoms with Crippen LogP contribution in [0.3, 0.4) is 0 Å². The fourth-order valence-corrected chi connectivity index (χ4v) is 4.37. The Bertz CT molecular complexity index is 667. The molecule has 2 aliphatic heterocycles. The molecule has 24 heavy (non-hydrogen) atoms. The van der Waals surface area contributed by atoms with Crippen LogP contribution in [0.4, 0.5) is 8.68 Å². The van der Waals surface area contributed by atoms with Gasteiger partial charge in [0.25, 0.3) is 0 Å². The van der Waals surface area contributed by atoms with Crippen LogP contribution >= 0.6 is 0 Å². The van der Waals surface area contributed by atoms with Gasteiger partial charge in [-0.1, -0.05) is 30.3 Å². The first-order chi connectivity index (χ1) is 11.4. The first-order valence-corrected chi connectivity index (χ1v) is 9.47. The molecule has 1 aromatic rings. The zero-order valence-corrected chi connectivity index (χ0v) is 14.0. The summed E-state index contributed by atoms with van der Waals surface area (Å²) in [5, 5.41) is 0. The van der Waals surface area contributed by atoms with Gasteiger partial charge in [-0.3, -0.25) is 4.90 Å². The number of carbonyl (C=O) groups excluding carboxylic acids is 1. The summed E-state index contributed by atoms with van der Waals surface area (Å²) in [6.07, 6.45) is 0.374. The van der Waals surface area contributed by atoms with E-state index in [1.165, 1.54) is 0 Å². The predicted molar refractivity (Wildman–Crippen MR) is 84.5 cm³/mol. The number of hydrogen-bond acceptors (Lipinski definition) is 5. The van der Waals surface area contributed by atoms with E-state index < -0.39 is 22.1 Å². The second-order valence-corrected chi connectivity index (χ2v) is 7.75. The summed E-state index contributed by atoms with van der Waals surface area (Å²) in [6.45, 7) is 0.818. The first kappa shape index (κ1) is 17.2. The average Bonchev–Trinajstić information content (AvgIpc) is 2.51. The molecule has 6 nitrogen and oxygen atoms in total. The fraction of sp³-hybridized carbons (Fsp3) is 0.562. The molecule has 0 aliphatic carbocycles. The highest BCUT2D eigenvalue weighted by molar-refractivity contribution is 7.86. The van der Waals surface area contributed by atoms with Gasteiger partial charge in [-0.05, 0) is 24.3 Å². The van der Waals surface area contributed by atoms with Crippen molar-refractivity contribution in [2.45, 2.75) is 31.5 Å². The van der Waals surface area contributed by atoms with E-state index in [0.717, 1.165) is 5.56 Å². The topological polar surface area (TPSA) is 72.9 Å². The molecule has 0 N–H and O–H groups in total. The molecule has 2 unspecified atom stereocenters. The molecule has 0 spiro atoms. The Balaban J connectivity index is 1.62. The summed E-state index contributed by atoms with van der Waals surface area (Å²) in [5.41, 5.74) is 0.894. The van der Waals surface area contributed by atoms with Crippen molar-refractivity contribution in [1.82, 2.24) is 4.90 Å². The summed E-state index contributed by atoms with van der Waals surface area (Å²) >= 11 is 0. The Kier molecular flexibility index (Phi) is 5.05. The Morgan fingerprint density at radius 2 is 1.83 bits per heavy atom. The molecule has 2 atom stereocenters. The van der Waals surface area contributed by atoms with Gasteiger partial charge in [-0.15, -0.1) is 3.89 Å². The molecule has 2 aliphatic rings. The average molecular weight is 357 g/mol. The fourth-order valence-electron chi connectivity index (χ4n) is 3.54. The van der Waals surface area contributed by atoms with Crippen molar-refractivity contribution in [3.63, 3.8) is 0 Å². The van der Waals surface area contributed by atoms with Crippen LogP contribution in [0.2, 0.25) is 0 Å². The van der Waals surface area contributed by atoms with E-state index >= 15 is 0 Å². The third-order valence-electron chi connectivity index (χ3n) is 4.47. The number of amides is 1. The van der Waals surface area contributed by atoms with Gasteiger partial charge in [0.2, 0.25) is 0 Å². The van der Waals surface area contributed by atoms with Crippen LogP contribution in [-0.2, 0) is 26.3 Å². The first-order valence-electron chi connectivity index (χ1n) is 7.91. The van der Waals surface area contributed by atoms with Crippen LogP contribution in [0, 0.1) is 5.92 Å². The lowest BCUT2D eigenvalue weighted by Gasteiger charge is -2.47. The lowest BCUT2D eigenvalue weighted by molar-refractivity contribution is -0.0771. The SMILES string of the molecule is O=C(OCc1ccccc1)N1C2COCC1CC(CS(=O)(=O)F)C2. The number of halogens is 1. The maximum atomic E-state index is 12.9. The van der Waals surface area contributed by atoms with E-state index in [9.17, 15) is 17.1 Å². The Morgan fingerprint density at radius 3 is 2.42 bits per heavy atom. The zero-order valence-electron chi connectivity index (χ0n) is 13.1. The summed E-state index contributed by atoms with van der Waals surface area (Å²) in [4.78, 5) is 14.1. The van der Waals surface area contributed by atoms with Crippen LogP contribution in [-0.4, -0.2) is 50.5 Å². The molecule has 1 aromatic carbocycles. The summed E-state index contributed by atoms with van der Waals surface area (Å²) < 4.78 is 45.6. The second kappa shape index (κ2) is 7.06. The van der Waals surface area contributed by atoms with Gasteiger partial charge >= 0.3 is 16.3 Å². The third kappa shape index (κ3) is 4.24. The van der Waals surface area contributed by atoms with Crippen LogP contribution in [0.25, 0.3) is 0 Å². The van der Waals surface area contributed by atoms with Crippen molar-refractivity contribution in [1.29, 1.82) is 0 Å². The summed E-state index contributed by atoms with van der Waals surface area (Å²) in [6, 6.07) is 8.82. The third-order valence-corrected chi connectivity index (χ3v) is 5.34. The predicted octanol–water partition coefficient (Wildman–Crippen LogP) is 2.10. The quantitative estimate of drug-likeness (QED) is 0.772. The number of morpholine rings is 1. The van der Waals surface area contributed by atoms with Crippen molar-refractivity contribution in [3.05, 3.63) is 35.9 Å². The summed E-state index contributed by atoms with van der Waals surface area (Å²) in [5.74, 6) is -0.788. The zero-order chi connectivity index (χ0) is 17.2. The number of nitrogens with zero attached hydrogens (tertiary/aromatic N) is 1. The lowest BCUT2D eigenvalue weighted by atomic mass is 9.86. The minimum atomic E-state index is -4.51. The standard InChI is InChI=1S/C16H20FNO5S/c17-24(20,21)11-13-6-14-9-22-10-15(7-13)18(14)16(19)23-8-12-4-2-1-3-5-12/h1-5,13-15H,6-11H2. The molecule has 3 rings (SSSR count). The van der Waals surface area contributed by atoms with E-state index in [2.05, 4.69) is 0 Å². The van der Waals surface area contributed by atoms with Crippen molar-refractivity contribution in [2.24, 2.45) is 5.92 Å². The largest absolute Gasteiger partial charge is 0.445 e. The van der Waals surface area contributed by atoms with Crippen molar-refractivity contribution >= 4 is 16.3 Å². The van der Waals surface area contributed by atoms with Crippen molar-refractivity contribution < 1.29 is 26.6 Å². The smallest absolute Gasteiger partial charge is 0.410 e. The van der Waals surface area contributed by atoms with Gasteiger partial charge in [-0.2, -0.15) is 8.42 Å². The van der Waals surface area contributed by atoms with Crippen LogP contribution in [0.1, 0.15) is 18.4 Å². The molecule has 2 saturated heterocycles. The van der Waals surface area contributed by atoms with E-state index in [4.69, 9.17) is 9.47 Å². The molecule has 0 saturated carbocycles. The molecule has 132 valence electrons. The molecule has 2 heterocycles. The number of fused-ring (bicyclic) bond motifs is 2. The Hall–Kier alpha value is -1.67. The Labute approximate surface area is 140 Å². The van der Waals surface area contributed by atoms with Gasteiger partial charge in [0.05, 0.1) is 31.1 Å². The highest BCUT2D eigenvalue weighted by Crippen LogP contribution is 2.33. The van der Waals surface area contributed by atoms with Crippen molar-refractivity contribution in [2.75, 3.05) is 19.0 Å². The molecule has 8 heteroatoms. The lowest BCUT2D eigenvalue weighted by Crippen LogP contribution is -2.59. The second-order valence-electron chi connectivity index (χ2n) is 6.34. The molecule has 2 bridgehead atoms. The normalized spacial score (nSPS) is 26.9. The highest BCUT2D eigenvalue weighted by Gasteiger charge is 2.43. The molecule has 0 aromatic heterocycles. The maximum absolute atomic E-state index is 12.9. The van der Waals surface area contributed by atoms with Crippen LogP contribution in [0.5, 0.6) is 0 Å². The highest BCUT2D eigenvalue weighted by atomic mass is 32.3. The van der Waals surface area contributed by atoms with Gasteiger partial charge in [0.1, 0.15) is 6.61 Å². The minimum Gasteiger partial charge on any atom is -0.445 e. The van der Waals surface area contributed by atoms with Gasteiger partial charge in [-0.25, -0.2) is 4.79 Å². The number of rotatable bonds is 4.